The van der Waals surface area contributed by atoms with Crippen molar-refractivity contribution in [2.24, 2.45) is 7.05 Å². The predicted molar refractivity (Wildman–Crippen MR) is 102 cm³/mol. The molecule has 0 fully saturated rings. The van der Waals surface area contributed by atoms with E-state index < -0.39 is 6.10 Å². The molecule has 132 valence electrons. The van der Waals surface area contributed by atoms with Gasteiger partial charge in [-0.2, -0.15) is 0 Å². The van der Waals surface area contributed by atoms with Gasteiger partial charge in [-0.15, -0.1) is 11.3 Å². The Morgan fingerprint density at radius 2 is 2.16 bits per heavy atom. The Bertz CT molecular complexity index is 844. The van der Waals surface area contributed by atoms with Gasteiger partial charge in [-0.05, 0) is 30.5 Å². The molecule has 3 aromatic rings. The first-order valence-electron chi connectivity index (χ1n) is 8.12. The average Bonchev–Trinajstić information content (AvgIpc) is 3.17. The zero-order valence-corrected chi connectivity index (χ0v) is 15.8. The van der Waals surface area contributed by atoms with Gasteiger partial charge in [-0.3, -0.25) is 0 Å². The van der Waals surface area contributed by atoms with E-state index in [1.807, 2.05) is 6.07 Å². The van der Waals surface area contributed by atoms with Gasteiger partial charge in [0, 0.05) is 29.9 Å². The van der Waals surface area contributed by atoms with Crippen molar-refractivity contribution in [3.8, 4) is 11.3 Å². The van der Waals surface area contributed by atoms with Crippen molar-refractivity contribution < 1.29 is 9.84 Å². The Morgan fingerprint density at radius 1 is 1.36 bits per heavy atom. The molecule has 1 N–H and O–H groups in total. The molecule has 0 aliphatic heterocycles. The molecule has 0 saturated heterocycles. The normalized spacial score (nSPS) is 12.5. The van der Waals surface area contributed by atoms with Crippen LogP contribution in [0.5, 0.6) is 0 Å². The third kappa shape index (κ3) is 4.50. The Kier molecular flexibility index (Phi) is 5.91. The number of hydrogen-bond acceptors (Lipinski definition) is 4. The molecule has 3 rings (SSSR count). The largest absolute Gasteiger partial charge is 0.383 e. The fraction of sp³-hybridized carbons (Fsp3) is 0.316. The van der Waals surface area contributed by atoms with Crippen molar-refractivity contribution in [2.45, 2.75) is 19.4 Å². The number of rotatable bonds is 7. The molecule has 1 aromatic carbocycles. The smallest absolute Gasteiger partial charge is 0.140 e. The highest BCUT2D eigenvalue weighted by Gasteiger charge is 2.13. The molecule has 0 bridgehead atoms. The van der Waals surface area contributed by atoms with Crippen LogP contribution in [0.3, 0.4) is 0 Å². The second-order valence-corrected chi connectivity index (χ2v) is 7.30. The highest BCUT2D eigenvalue weighted by molar-refractivity contribution is 7.10. The summed E-state index contributed by atoms with van der Waals surface area (Å²) in [4.78, 5) is 4.06. The molecule has 0 amide bonds. The van der Waals surface area contributed by atoms with Gasteiger partial charge < -0.3 is 14.4 Å². The van der Waals surface area contributed by atoms with E-state index in [0.717, 1.165) is 6.42 Å². The lowest BCUT2D eigenvalue weighted by Gasteiger charge is -2.12. The topological polar surface area (TPSA) is 47.3 Å². The summed E-state index contributed by atoms with van der Waals surface area (Å²) in [5, 5.41) is 12.8. The first-order valence-corrected chi connectivity index (χ1v) is 9.38. The van der Waals surface area contributed by atoms with Gasteiger partial charge >= 0.3 is 0 Å². The number of aliphatic hydroxyl groups is 1. The van der Waals surface area contributed by atoms with Crippen LogP contribution in [0, 0.1) is 6.92 Å². The Hall–Kier alpha value is -1.66. The van der Waals surface area contributed by atoms with E-state index in [-0.39, 0.29) is 6.61 Å². The van der Waals surface area contributed by atoms with E-state index in [4.69, 9.17) is 16.3 Å². The number of aromatic nitrogens is 2. The Labute approximate surface area is 156 Å². The van der Waals surface area contributed by atoms with E-state index in [9.17, 15) is 5.11 Å². The maximum atomic E-state index is 10.1. The SMILES string of the molecule is Cc1cc(-c2ccccc2CCOCC(O)c2nc(Cl)cs2)n(C)c1. The van der Waals surface area contributed by atoms with Gasteiger partial charge in [-0.1, -0.05) is 35.9 Å². The van der Waals surface area contributed by atoms with E-state index in [1.165, 1.54) is 33.7 Å². The Balaban J connectivity index is 1.60. The van der Waals surface area contributed by atoms with Crippen LogP contribution in [0.25, 0.3) is 11.3 Å². The second kappa shape index (κ2) is 8.15. The lowest BCUT2D eigenvalue weighted by atomic mass is 10.0. The average molecular weight is 377 g/mol. The molecule has 0 aliphatic carbocycles. The zero-order chi connectivity index (χ0) is 17.8. The summed E-state index contributed by atoms with van der Waals surface area (Å²) in [6.45, 7) is 2.85. The highest BCUT2D eigenvalue weighted by Crippen LogP contribution is 2.26. The quantitative estimate of drug-likeness (QED) is 0.621. The third-order valence-corrected chi connectivity index (χ3v) is 5.27. The van der Waals surface area contributed by atoms with Crippen molar-refractivity contribution in [1.29, 1.82) is 0 Å². The molecule has 0 saturated carbocycles. The van der Waals surface area contributed by atoms with Gasteiger partial charge in [0.05, 0.1) is 13.2 Å². The monoisotopic (exact) mass is 376 g/mol. The molecule has 2 heterocycles. The number of hydrogen-bond donors (Lipinski definition) is 1. The van der Waals surface area contributed by atoms with E-state index in [2.05, 4.69) is 54.0 Å². The van der Waals surface area contributed by atoms with Crippen molar-refractivity contribution in [3.05, 3.63) is 63.2 Å². The van der Waals surface area contributed by atoms with Crippen LogP contribution in [0.2, 0.25) is 5.15 Å². The first-order chi connectivity index (χ1) is 12.0. The Morgan fingerprint density at radius 3 is 2.84 bits per heavy atom. The molecule has 1 unspecified atom stereocenters. The summed E-state index contributed by atoms with van der Waals surface area (Å²) in [6, 6.07) is 10.5. The van der Waals surface area contributed by atoms with Gasteiger partial charge in [-0.25, -0.2) is 4.98 Å². The highest BCUT2D eigenvalue weighted by atomic mass is 35.5. The molecule has 0 aliphatic rings. The number of nitrogens with zero attached hydrogens (tertiary/aromatic N) is 2. The van der Waals surface area contributed by atoms with E-state index in [0.29, 0.717) is 16.8 Å². The van der Waals surface area contributed by atoms with Crippen molar-refractivity contribution in [2.75, 3.05) is 13.2 Å². The molecular formula is C19H21ClN2O2S. The van der Waals surface area contributed by atoms with E-state index >= 15 is 0 Å². The van der Waals surface area contributed by atoms with Crippen LogP contribution in [0.15, 0.2) is 41.9 Å². The summed E-state index contributed by atoms with van der Waals surface area (Å²) in [6.07, 6.45) is 2.17. The number of thiazole rings is 1. The molecule has 25 heavy (non-hydrogen) atoms. The predicted octanol–water partition coefficient (Wildman–Crippen LogP) is 4.40. The summed E-state index contributed by atoms with van der Waals surface area (Å²) >= 11 is 7.12. The van der Waals surface area contributed by atoms with Crippen LogP contribution in [0.4, 0.5) is 0 Å². The third-order valence-electron chi connectivity index (χ3n) is 4.01. The number of benzene rings is 1. The minimum Gasteiger partial charge on any atom is -0.383 e. The molecular weight excluding hydrogens is 356 g/mol. The van der Waals surface area contributed by atoms with Crippen molar-refractivity contribution >= 4 is 22.9 Å². The minimum absolute atomic E-state index is 0.218. The van der Waals surface area contributed by atoms with Crippen LogP contribution >= 0.6 is 22.9 Å². The van der Waals surface area contributed by atoms with Crippen LogP contribution in [-0.2, 0) is 18.2 Å². The molecule has 4 nitrogen and oxygen atoms in total. The molecule has 6 heteroatoms. The zero-order valence-electron chi connectivity index (χ0n) is 14.3. The molecule has 0 spiro atoms. The number of aryl methyl sites for hydroxylation is 2. The van der Waals surface area contributed by atoms with E-state index in [1.54, 1.807) is 5.38 Å². The lowest BCUT2D eigenvalue weighted by molar-refractivity contribution is 0.0373. The standard InChI is InChI=1S/C19H21ClN2O2S/c1-13-9-16(22(2)10-13)15-6-4-3-5-14(15)7-8-24-11-17(23)19-21-18(20)12-25-19/h3-6,9-10,12,17,23H,7-8,11H2,1-2H3. The van der Waals surface area contributed by atoms with Gasteiger partial charge in [0.2, 0.25) is 0 Å². The number of aliphatic hydroxyl groups excluding tert-OH is 1. The summed E-state index contributed by atoms with van der Waals surface area (Å²) < 4.78 is 7.80. The van der Waals surface area contributed by atoms with Crippen LogP contribution in [0.1, 0.15) is 22.2 Å². The number of ether oxygens (including phenoxy) is 1. The van der Waals surface area contributed by atoms with Crippen molar-refractivity contribution in [3.63, 3.8) is 0 Å². The maximum Gasteiger partial charge on any atom is 0.140 e. The fourth-order valence-corrected chi connectivity index (χ4v) is 3.78. The first kappa shape index (κ1) is 18.1. The minimum atomic E-state index is -0.733. The molecule has 1 atom stereocenters. The van der Waals surface area contributed by atoms with Crippen LogP contribution < -0.4 is 0 Å². The maximum absolute atomic E-state index is 10.1. The van der Waals surface area contributed by atoms with Crippen molar-refractivity contribution in [1.82, 2.24) is 9.55 Å². The molecule has 2 aromatic heterocycles. The summed E-state index contributed by atoms with van der Waals surface area (Å²) in [5.41, 5.74) is 4.89. The summed E-state index contributed by atoms with van der Waals surface area (Å²) in [7, 11) is 2.06. The van der Waals surface area contributed by atoms with Gasteiger partial charge in [0.25, 0.3) is 0 Å². The van der Waals surface area contributed by atoms with Crippen LogP contribution in [-0.4, -0.2) is 27.9 Å². The van der Waals surface area contributed by atoms with Gasteiger partial charge in [0.15, 0.2) is 0 Å². The summed E-state index contributed by atoms with van der Waals surface area (Å²) in [5.74, 6) is 0. The van der Waals surface area contributed by atoms with Gasteiger partial charge in [0.1, 0.15) is 16.3 Å². The molecule has 0 radical (unpaired) electrons. The fourth-order valence-electron chi connectivity index (χ4n) is 2.85. The number of halogens is 1. The second-order valence-electron chi connectivity index (χ2n) is 6.02. The lowest BCUT2D eigenvalue weighted by Crippen LogP contribution is -2.09.